The molecule has 5 atom stereocenters. The number of ether oxygens (including phenoxy) is 1. The van der Waals surface area contributed by atoms with Crippen LogP contribution in [0.5, 0.6) is 0 Å². The summed E-state index contributed by atoms with van der Waals surface area (Å²) in [5.41, 5.74) is 3.26. The van der Waals surface area contributed by atoms with Crippen LogP contribution >= 0.6 is 0 Å². The van der Waals surface area contributed by atoms with Gasteiger partial charge in [0.2, 0.25) is 0 Å². The van der Waals surface area contributed by atoms with Gasteiger partial charge in [-0.1, -0.05) is 45.1 Å². The van der Waals surface area contributed by atoms with E-state index in [2.05, 4.69) is 25.7 Å². The van der Waals surface area contributed by atoms with E-state index >= 15 is 0 Å². The van der Waals surface area contributed by atoms with Gasteiger partial charge >= 0.3 is 0 Å². The van der Waals surface area contributed by atoms with Crippen LogP contribution in [-0.4, -0.2) is 46.3 Å². The summed E-state index contributed by atoms with van der Waals surface area (Å²) in [5.74, 6) is 1.30. The molecule has 4 heteroatoms. The highest BCUT2D eigenvalue weighted by Crippen LogP contribution is 2.68. The second-order valence-corrected chi connectivity index (χ2v) is 11.9. The number of fused-ring (bicyclic) bond motifs is 1. The van der Waals surface area contributed by atoms with Gasteiger partial charge in [-0.15, -0.1) is 0 Å². The van der Waals surface area contributed by atoms with Gasteiger partial charge in [0, 0.05) is 6.42 Å². The normalized spacial score (nSPS) is 38.7. The Balaban J connectivity index is 1.46. The highest BCUT2D eigenvalue weighted by molar-refractivity contribution is 5.38. The minimum absolute atomic E-state index is 0.304. The van der Waals surface area contributed by atoms with Gasteiger partial charge < -0.3 is 20.1 Å². The van der Waals surface area contributed by atoms with Gasteiger partial charge in [-0.2, -0.15) is 0 Å². The van der Waals surface area contributed by atoms with Crippen LogP contribution < -0.4 is 0 Å². The van der Waals surface area contributed by atoms with Gasteiger partial charge in [-0.05, 0) is 98.0 Å². The van der Waals surface area contributed by atoms with Crippen LogP contribution in [-0.2, 0) is 4.74 Å². The highest BCUT2D eigenvalue weighted by Gasteiger charge is 2.61. The Labute approximate surface area is 200 Å². The smallest absolute Gasteiger partial charge is 0.0874 e. The molecule has 0 aromatic rings. The molecule has 0 aromatic carbocycles. The van der Waals surface area contributed by atoms with Crippen molar-refractivity contribution in [1.82, 2.24) is 0 Å². The maximum atomic E-state index is 10.6. The lowest BCUT2D eigenvalue weighted by molar-refractivity contribution is -0.0731. The molecule has 0 aromatic heterocycles. The van der Waals surface area contributed by atoms with Crippen molar-refractivity contribution >= 4 is 0 Å². The predicted molar refractivity (Wildman–Crippen MR) is 133 cm³/mol. The summed E-state index contributed by atoms with van der Waals surface area (Å²) in [7, 11) is 0. The molecule has 0 bridgehead atoms. The first-order valence-corrected chi connectivity index (χ1v) is 13.4. The Bertz CT molecular complexity index is 787. The molecule has 0 heterocycles. The van der Waals surface area contributed by atoms with Crippen molar-refractivity contribution in [2.24, 2.45) is 22.7 Å². The van der Waals surface area contributed by atoms with Crippen molar-refractivity contribution in [1.29, 1.82) is 0 Å². The van der Waals surface area contributed by atoms with E-state index in [9.17, 15) is 15.3 Å². The SMILES string of the molecule is C=C1/C(=C\C=C2/CCC[C@]3(C)[C@@H](C4(COCC(O)(CC)CC)CC4)CC[C@@H]23)C[C@@H](O)C[C@@H]1O. The molecule has 33 heavy (non-hydrogen) atoms. The lowest BCUT2D eigenvalue weighted by Gasteiger charge is -2.45. The number of aliphatic hydroxyl groups excluding tert-OH is 2. The van der Waals surface area contributed by atoms with E-state index in [-0.39, 0.29) is 0 Å². The monoisotopic (exact) mass is 458 g/mol. The van der Waals surface area contributed by atoms with E-state index in [0.29, 0.717) is 42.1 Å². The molecule has 4 aliphatic rings. The third-order valence-corrected chi connectivity index (χ3v) is 9.94. The summed E-state index contributed by atoms with van der Waals surface area (Å²) < 4.78 is 6.20. The quantitative estimate of drug-likeness (QED) is 0.451. The van der Waals surface area contributed by atoms with Gasteiger partial charge in [-0.25, -0.2) is 0 Å². The fourth-order valence-corrected chi connectivity index (χ4v) is 7.36. The highest BCUT2D eigenvalue weighted by atomic mass is 16.5. The Morgan fingerprint density at radius 3 is 2.52 bits per heavy atom. The molecule has 4 saturated carbocycles. The summed E-state index contributed by atoms with van der Waals surface area (Å²) in [6, 6.07) is 0. The van der Waals surface area contributed by atoms with Gasteiger partial charge in [0.25, 0.3) is 0 Å². The molecular weight excluding hydrogens is 412 g/mol. The summed E-state index contributed by atoms with van der Waals surface area (Å²) in [6.45, 7) is 11.9. The van der Waals surface area contributed by atoms with Crippen LogP contribution in [0.15, 0.2) is 35.5 Å². The zero-order valence-corrected chi connectivity index (χ0v) is 21.1. The zero-order chi connectivity index (χ0) is 23.9. The third-order valence-electron chi connectivity index (χ3n) is 9.94. The minimum atomic E-state index is -0.684. The summed E-state index contributed by atoms with van der Waals surface area (Å²) >= 11 is 0. The second kappa shape index (κ2) is 9.60. The molecule has 4 rings (SSSR count). The lowest BCUT2D eigenvalue weighted by Crippen LogP contribution is -2.40. The Morgan fingerprint density at radius 1 is 1.12 bits per heavy atom. The maximum Gasteiger partial charge on any atom is 0.0874 e. The molecule has 3 N–H and O–H groups in total. The fourth-order valence-electron chi connectivity index (χ4n) is 7.36. The van der Waals surface area contributed by atoms with Crippen molar-refractivity contribution in [3.05, 3.63) is 35.5 Å². The summed E-state index contributed by atoms with van der Waals surface area (Å²) in [4.78, 5) is 0. The minimum Gasteiger partial charge on any atom is -0.393 e. The molecule has 186 valence electrons. The first-order chi connectivity index (χ1) is 15.7. The molecule has 0 amide bonds. The second-order valence-electron chi connectivity index (χ2n) is 11.9. The van der Waals surface area contributed by atoms with E-state index < -0.39 is 17.8 Å². The fraction of sp³-hybridized carbons (Fsp3) is 0.793. The largest absolute Gasteiger partial charge is 0.393 e. The van der Waals surface area contributed by atoms with Gasteiger partial charge in [0.1, 0.15) is 0 Å². The standard InChI is InChI=1S/C29H46O4/c1-5-29(32,6-2)19-33-18-28(14-15-28)26-12-11-24-21(8-7-13-27(24,26)4)9-10-22-16-23(30)17-25(31)20(22)3/h9-10,23-26,30-32H,3,5-8,11-19H2,1-2,4H3/b21-9+,22-10-/t23-,24+,25+,26+,27+/m1/s1. The van der Waals surface area contributed by atoms with Crippen LogP contribution in [0, 0.1) is 22.7 Å². The van der Waals surface area contributed by atoms with E-state index in [0.717, 1.165) is 37.0 Å². The van der Waals surface area contributed by atoms with Gasteiger partial charge in [0.05, 0.1) is 31.0 Å². The molecule has 0 spiro atoms. The van der Waals surface area contributed by atoms with E-state index in [4.69, 9.17) is 4.74 Å². The molecule has 0 unspecified atom stereocenters. The Kier molecular flexibility index (Phi) is 7.32. The molecule has 4 fully saturated rings. The third kappa shape index (κ3) is 4.91. The average Bonchev–Trinajstić information content (AvgIpc) is 3.47. The van der Waals surface area contributed by atoms with Crippen molar-refractivity contribution in [3.63, 3.8) is 0 Å². The summed E-state index contributed by atoms with van der Waals surface area (Å²) in [5, 5.41) is 30.9. The number of hydrogen-bond donors (Lipinski definition) is 3. The van der Waals surface area contributed by atoms with Crippen molar-refractivity contribution in [2.75, 3.05) is 13.2 Å². The average molecular weight is 459 g/mol. The van der Waals surface area contributed by atoms with Gasteiger partial charge in [-0.3, -0.25) is 0 Å². The first kappa shape index (κ1) is 25.2. The molecule has 4 aliphatic carbocycles. The van der Waals surface area contributed by atoms with Crippen LogP contribution in [0.2, 0.25) is 0 Å². The van der Waals surface area contributed by atoms with Crippen molar-refractivity contribution < 1.29 is 20.1 Å². The Hall–Kier alpha value is -0.940. The van der Waals surface area contributed by atoms with Crippen LogP contribution in [0.25, 0.3) is 0 Å². The van der Waals surface area contributed by atoms with Crippen LogP contribution in [0.4, 0.5) is 0 Å². The zero-order valence-electron chi connectivity index (χ0n) is 21.1. The molecule has 0 radical (unpaired) electrons. The van der Waals surface area contributed by atoms with E-state index in [1.165, 1.54) is 38.5 Å². The number of rotatable bonds is 8. The predicted octanol–water partition coefficient (Wildman–Crippen LogP) is 5.48. The molecular formula is C29H46O4. The Morgan fingerprint density at radius 2 is 1.85 bits per heavy atom. The van der Waals surface area contributed by atoms with E-state index in [1.54, 1.807) is 5.57 Å². The summed E-state index contributed by atoms with van der Waals surface area (Å²) in [6.07, 6.45) is 14.5. The number of allylic oxidation sites excluding steroid dienone is 3. The van der Waals surface area contributed by atoms with Crippen molar-refractivity contribution in [2.45, 2.75) is 109 Å². The first-order valence-electron chi connectivity index (χ1n) is 13.4. The van der Waals surface area contributed by atoms with Crippen molar-refractivity contribution in [3.8, 4) is 0 Å². The van der Waals surface area contributed by atoms with Crippen LogP contribution in [0.3, 0.4) is 0 Å². The topological polar surface area (TPSA) is 69.9 Å². The van der Waals surface area contributed by atoms with E-state index in [1.807, 2.05) is 13.8 Å². The maximum absolute atomic E-state index is 10.6. The molecule has 0 aliphatic heterocycles. The lowest BCUT2D eigenvalue weighted by atomic mass is 9.60. The molecule has 4 nitrogen and oxygen atoms in total. The van der Waals surface area contributed by atoms with Gasteiger partial charge in [0.15, 0.2) is 0 Å². The number of aliphatic hydroxyl groups is 3. The number of hydrogen-bond acceptors (Lipinski definition) is 4. The van der Waals surface area contributed by atoms with Crippen LogP contribution in [0.1, 0.15) is 91.4 Å². The molecule has 0 saturated heterocycles.